The molecule has 0 fully saturated rings. The molecular formula is C9H11F3N6O2. The number of nitrogens with two attached hydrogens (primary N) is 4. The molecule has 0 aliphatic heterocycles. The van der Waals surface area contributed by atoms with Crippen LogP contribution in [0.5, 0.6) is 0 Å². The summed E-state index contributed by atoms with van der Waals surface area (Å²) in [4.78, 5) is 21.8. The molecule has 1 aromatic rings. The Morgan fingerprint density at radius 3 is 1.50 bits per heavy atom. The topological polar surface area (TPSA) is 145 Å². The molecule has 0 aliphatic rings. The Labute approximate surface area is 110 Å². The number of anilines is 2. The molecule has 0 atom stereocenters. The van der Waals surface area contributed by atoms with E-state index in [1.54, 1.807) is 0 Å². The fraction of sp³-hybridized carbons (Fsp3) is 0.111. The number of amides is 4. The third-order valence-corrected chi connectivity index (χ3v) is 2.26. The van der Waals surface area contributed by atoms with Crippen LogP contribution < -0.4 is 33.2 Å². The van der Waals surface area contributed by atoms with E-state index in [1.165, 1.54) is 0 Å². The number of hydrogen-bond donors (Lipinski definition) is 4. The van der Waals surface area contributed by atoms with E-state index in [9.17, 15) is 22.8 Å². The van der Waals surface area contributed by atoms with Crippen molar-refractivity contribution in [1.82, 2.24) is 0 Å². The average Bonchev–Trinajstić information content (AvgIpc) is 2.34. The Bertz CT molecular complexity index is 509. The zero-order chi connectivity index (χ0) is 15.7. The highest BCUT2D eigenvalue weighted by molar-refractivity contribution is 5.93. The van der Waals surface area contributed by atoms with E-state index in [4.69, 9.17) is 23.2 Å². The van der Waals surface area contributed by atoms with Crippen molar-refractivity contribution in [2.24, 2.45) is 23.2 Å². The molecule has 1 rings (SSSR count). The number of alkyl halides is 3. The van der Waals surface area contributed by atoms with Crippen LogP contribution in [0.3, 0.4) is 0 Å². The van der Waals surface area contributed by atoms with Crippen molar-refractivity contribution in [3.05, 3.63) is 23.8 Å². The van der Waals surface area contributed by atoms with Crippen LogP contribution in [0, 0.1) is 0 Å². The maximum atomic E-state index is 12.7. The Kier molecular flexibility index (Phi) is 4.06. The third kappa shape index (κ3) is 3.27. The van der Waals surface area contributed by atoms with Gasteiger partial charge in [-0.25, -0.2) is 31.3 Å². The second-order valence-corrected chi connectivity index (χ2v) is 3.65. The van der Waals surface area contributed by atoms with Crippen LogP contribution >= 0.6 is 0 Å². The molecule has 0 bridgehead atoms. The van der Waals surface area contributed by atoms with E-state index >= 15 is 0 Å². The first-order valence-electron chi connectivity index (χ1n) is 4.95. The third-order valence-electron chi connectivity index (χ3n) is 2.26. The minimum absolute atomic E-state index is 0.271. The number of carbonyl (C=O) groups is 2. The van der Waals surface area contributed by atoms with Gasteiger partial charge in [-0.15, -0.1) is 0 Å². The van der Waals surface area contributed by atoms with E-state index < -0.39 is 35.2 Å². The first kappa shape index (κ1) is 15.5. The van der Waals surface area contributed by atoms with Gasteiger partial charge >= 0.3 is 18.2 Å². The van der Waals surface area contributed by atoms with E-state index in [0.29, 0.717) is 12.1 Å². The normalized spacial score (nSPS) is 11.1. The molecule has 0 aromatic heterocycles. The molecule has 0 saturated carbocycles. The second kappa shape index (κ2) is 5.22. The van der Waals surface area contributed by atoms with E-state index in [-0.39, 0.29) is 10.0 Å². The fourth-order valence-electron chi connectivity index (χ4n) is 1.29. The summed E-state index contributed by atoms with van der Waals surface area (Å²) in [6, 6.07) is -0.299. The molecule has 0 radical (unpaired) electrons. The molecule has 0 unspecified atom stereocenters. The van der Waals surface area contributed by atoms with Gasteiger partial charge in [0.25, 0.3) is 0 Å². The van der Waals surface area contributed by atoms with Crippen LogP contribution in [0.1, 0.15) is 5.56 Å². The molecule has 0 aliphatic carbocycles. The van der Waals surface area contributed by atoms with Gasteiger partial charge in [-0.2, -0.15) is 13.2 Å². The van der Waals surface area contributed by atoms with Crippen LogP contribution in [-0.2, 0) is 6.18 Å². The Morgan fingerprint density at radius 2 is 1.25 bits per heavy atom. The van der Waals surface area contributed by atoms with Crippen molar-refractivity contribution < 1.29 is 22.8 Å². The fourth-order valence-corrected chi connectivity index (χ4v) is 1.29. The first-order chi connectivity index (χ1) is 9.04. The molecule has 4 amide bonds. The Balaban J connectivity index is 3.43. The van der Waals surface area contributed by atoms with Crippen LogP contribution in [-0.4, -0.2) is 12.1 Å². The lowest BCUT2D eigenvalue weighted by molar-refractivity contribution is -0.137. The number of nitrogens with zero attached hydrogens (tertiary/aromatic N) is 2. The average molecular weight is 292 g/mol. The minimum Gasteiger partial charge on any atom is -0.350 e. The summed E-state index contributed by atoms with van der Waals surface area (Å²) in [7, 11) is 0. The monoisotopic (exact) mass is 292 g/mol. The van der Waals surface area contributed by atoms with Crippen LogP contribution in [0.25, 0.3) is 0 Å². The molecule has 0 spiro atoms. The van der Waals surface area contributed by atoms with Crippen molar-refractivity contribution in [1.29, 1.82) is 0 Å². The quantitative estimate of drug-likeness (QED) is 0.351. The Morgan fingerprint density at radius 1 is 0.900 bits per heavy atom. The van der Waals surface area contributed by atoms with Gasteiger partial charge in [-0.05, 0) is 18.2 Å². The minimum atomic E-state index is -4.75. The number of halogens is 3. The molecule has 0 heterocycles. The van der Waals surface area contributed by atoms with Crippen molar-refractivity contribution in [3.8, 4) is 0 Å². The summed E-state index contributed by atoms with van der Waals surface area (Å²) < 4.78 is 38.2. The number of hydrazine groups is 2. The zero-order valence-electron chi connectivity index (χ0n) is 9.89. The van der Waals surface area contributed by atoms with Crippen molar-refractivity contribution >= 4 is 23.4 Å². The smallest absolute Gasteiger partial charge is 0.350 e. The summed E-state index contributed by atoms with van der Waals surface area (Å²) in [5, 5.41) is 0.543. The molecule has 20 heavy (non-hydrogen) atoms. The van der Waals surface area contributed by atoms with Gasteiger partial charge in [0.15, 0.2) is 0 Å². The largest absolute Gasteiger partial charge is 0.416 e. The predicted molar refractivity (Wildman–Crippen MR) is 63.9 cm³/mol. The van der Waals surface area contributed by atoms with Crippen molar-refractivity contribution in [2.75, 3.05) is 10.0 Å². The van der Waals surface area contributed by atoms with Crippen molar-refractivity contribution in [3.63, 3.8) is 0 Å². The summed E-state index contributed by atoms with van der Waals surface area (Å²) in [5.41, 5.74) is 7.73. The summed E-state index contributed by atoms with van der Waals surface area (Å²) in [6.07, 6.45) is -4.75. The molecule has 1 aromatic carbocycles. The molecule has 0 saturated heterocycles. The number of rotatable bonds is 2. The molecule has 8 nitrogen and oxygen atoms in total. The zero-order valence-corrected chi connectivity index (χ0v) is 9.89. The van der Waals surface area contributed by atoms with Gasteiger partial charge in [0.2, 0.25) is 0 Å². The highest BCUT2D eigenvalue weighted by Gasteiger charge is 2.32. The molecule has 11 heteroatoms. The lowest BCUT2D eigenvalue weighted by atomic mass is 10.1. The number of benzene rings is 1. The number of carbonyl (C=O) groups excluding carboxylic acids is 2. The van der Waals surface area contributed by atoms with Gasteiger partial charge in [0, 0.05) is 0 Å². The lowest BCUT2D eigenvalue weighted by Gasteiger charge is -2.20. The number of primary amides is 2. The van der Waals surface area contributed by atoms with Crippen LogP contribution in [0.15, 0.2) is 18.2 Å². The standard InChI is InChI=1S/C9H11F3N6O2/c10-9(11,12)4-1-5(17(15)7(13)19)3-6(2-4)18(16)8(14)20/h1-3H,15-16H2,(H2,13,19)(H2,14,20). The molecular weight excluding hydrogens is 281 g/mol. The maximum Gasteiger partial charge on any atom is 0.416 e. The summed E-state index contributed by atoms with van der Waals surface area (Å²) >= 11 is 0. The van der Waals surface area contributed by atoms with Gasteiger partial charge in [0.1, 0.15) is 0 Å². The second-order valence-electron chi connectivity index (χ2n) is 3.65. The summed E-state index contributed by atoms with van der Waals surface area (Å²) in [6.45, 7) is 0. The van der Waals surface area contributed by atoms with E-state index in [0.717, 1.165) is 6.07 Å². The van der Waals surface area contributed by atoms with Crippen LogP contribution in [0.2, 0.25) is 0 Å². The number of hydrogen-bond acceptors (Lipinski definition) is 4. The van der Waals surface area contributed by atoms with Gasteiger partial charge in [0.05, 0.1) is 16.9 Å². The molecule has 110 valence electrons. The number of urea groups is 2. The predicted octanol–water partition coefficient (Wildman–Crippen LogP) is 0.223. The Hall–Kier alpha value is -2.53. The van der Waals surface area contributed by atoms with Crippen molar-refractivity contribution in [2.45, 2.75) is 6.18 Å². The summed E-state index contributed by atoms with van der Waals surface area (Å²) in [5.74, 6) is 10.4. The lowest BCUT2D eigenvalue weighted by Crippen LogP contribution is -2.43. The highest BCUT2D eigenvalue weighted by atomic mass is 19.4. The van der Waals surface area contributed by atoms with E-state index in [1.807, 2.05) is 0 Å². The molecule has 8 N–H and O–H groups in total. The van der Waals surface area contributed by atoms with Gasteiger partial charge < -0.3 is 11.5 Å². The first-order valence-corrected chi connectivity index (χ1v) is 4.95. The highest BCUT2D eigenvalue weighted by Crippen LogP contribution is 2.34. The van der Waals surface area contributed by atoms with E-state index in [2.05, 4.69) is 0 Å². The van der Waals surface area contributed by atoms with Gasteiger partial charge in [-0.1, -0.05) is 0 Å². The van der Waals surface area contributed by atoms with Gasteiger partial charge in [-0.3, -0.25) is 0 Å². The maximum absolute atomic E-state index is 12.7. The van der Waals surface area contributed by atoms with Crippen LogP contribution in [0.4, 0.5) is 34.1 Å². The SMILES string of the molecule is NC(=O)N(N)c1cc(N(N)C(N)=O)cc(C(F)(F)F)c1.